The fraction of sp³-hybridized carbons (Fsp3) is 0.667. The third kappa shape index (κ3) is 1.53. The average molecular weight is 221 g/mol. The van der Waals surface area contributed by atoms with E-state index in [-0.39, 0.29) is 0 Å². The zero-order valence-electron chi connectivity index (χ0n) is 8.79. The number of hydrogen-bond donors (Lipinski definition) is 0. The van der Waals surface area contributed by atoms with Gasteiger partial charge in [-0.15, -0.1) is 11.3 Å². The summed E-state index contributed by atoms with van der Waals surface area (Å²) in [5.74, 6) is 0. The molecule has 0 saturated heterocycles. The van der Waals surface area contributed by atoms with Gasteiger partial charge in [-0.2, -0.15) is 0 Å². The van der Waals surface area contributed by atoms with Gasteiger partial charge in [0.25, 0.3) is 0 Å². The van der Waals surface area contributed by atoms with E-state index >= 15 is 0 Å². The Labute approximate surface area is 93.7 Å². The third-order valence-electron chi connectivity index (χ3n) is 3.99. The first kappa shape index (κ1) is 9.52. The molecular formula is C12H15NOS. The second-order valence-corrected chi connectivity index (χ2v) is 6.04. The summed E-state index contributed by atoms with van der Waals surface area (Å²) >= 11 is 1.62. The molecule has 2 aliphatic rings. The Morgan fingerprint density at radius 1 is 1.27 bits per heavy atom. The number of carbonyl (C=O) groups excluding carboxylic acids is 1. The van der Waals surface area contributed by atoms with Gasteiger partial charge >= 0.3 is 0 Å². The van der Waals surface area contributed by atoms with Crippen LogP contribution in [0.4, 0.5) is 0 Å². The Bertz CT molecular complexity index is 390. The van der Waals surface area contributed by atoms with Gasteiger partial charge < -0.3 is 0 Å². The van der Waals surface area contributed by atoms with Crippen molar-refractivity contribution in [2.75, 3.05) is 0 Å². The van der Waals surface area contributed by atoms with Crippen molar-refractivity contribution >= 4 is 17.6 Å². The highest BCUT2D eigenvalue weighted by molar-refractivity contribution is 7.13. The first-order chi connectivity index (χ1) is 7.31. The first-order valence-electron chi connectivity index (χ1n) is 5.75. The van der Waals surface area contributed by atoms with Crippen molar-refractivity contribution in [1.29, 1.82) is 0 Å². The summed E-state index contributed by atoms with van der Waals surface area (Å²) in [5.41, 5.74) is 1.79. The Kier molecular flexibility index (Phi) is 2.16. The lowest BCUT2D eigenvalue weighted by atomic mass is 9.74. The van der Waals surface area contributed by atoms with Crippen molar-refractivity contribution in [3.63, 3.8) is 0 Å². The molecule has 1 spiro atoms. The molecular weight excluding hydrogens is 206 g/mol. The van der Waals surface area contributed by atoms with Crippen LogP contribution in [0.15, 0.2) is 0 Å². The Morgan fingerprint density at radius 3 is 2.80 bits per heavy atom. The molecule has 80 valence electrons. The molecule has 2 nitrogen and oxygen atoms in total. The lowest BCUT2D eigenvalue weighted by Gasteiger charge is -2.32. The van der Waals surface area contributed by atoms with E-state index in [1.165, 1.54) is 49.1 Å². The molecule has 0 atom stereocenters. The summed E-state index contributed by atoms with van der Waals surface area (Å²) in [7, 11) is 0. The standard InChI is InChI=1S/C12H15NOS/c14-8-11-13-9-3-6-12(4-1-2-5-12)7-10(9)15-11/h8H,1-7H2. The van der Waals surface area contributed by atoms with Gasteiger partial charge in [0.1, 0.15) is 0 Å². The Morgan fingerprint density at radius 2 is 2.07 bits per heavy atom. The number of hydrogen-bond acceptors (Lipinski definition) is 3. The lowest BCUT2D eigenvalue weighted by molar-refractivity contribution is 0.112. The summed E-state index contributed by atoms with van der Waals surface area (Å²) in [6.07, 6.45) is 10.0. The third-order valence-corrected chi connectivity index (χ3v) is 5.01. The first-order valence-corrected chi connectivity index (χ1v) is 6.57. The number of thiazole rings is 1. The molecule has 0 N–H and O–H groups in total. The lowest BCUT2D eigenvalue weighted by Crippen LogP contribution is -2.24. The number of aryl methyl sites for hydroxylation is 1. The monoisotopic (exact) mass is 221 g/mol. The molecule has 0 radical (unpaired) electrons. The van der Waals surface area contributed by atoms with Gasteiger partial charge in [0.05, 0.1) is 5.69 Å². The molecule has 0 bridgehead atoms. The number of aldehydes is 1. The molecule has 0 aliphatic heterocycles. The van der Waals surface area contributed by atoms with Gasteiger partial charge in [-0.25, -0.2) is 4.98 Å². The summed E-state index contributed by atoms with van der Waals surface area (Å²) in [6, 6.07) is 0. The average Bonchev–Trinajstić information content (AvgIpc) is 2.85. The maximum atomic E-state index is 10.7. The number of rotatable bonds is 1. The van der Waals surface area contributed by atoms with Gasteiger partial charge in [-0.3, -0.25) is 4.79 Å². The summed E-state index contributed by atoms with van der Waals surface area (Å²) in [4.78, 5) is 16.5. The van der Waals surface area contributed by atoms with Crippen LogP contribution in [0.25, 0.3) is 0 Å². The number of fused-ring (bicyclic) bond motifs is 1. The van der Waals surface area contributed by atoms with Crippen molar-refractivity contribution in [2.45, 2.75) is 44.9 Å². The maximum Gasteiger partial charge on any atom is 0.178 e. The molecule has 2 aliphatic carbocycles. The van der Waals surface area contributed by atoms with Gasteiger partial charge in [0.2, 0.25) is 0 Å². The van der Waals surface area contributed by atoms with Crippen molar-refractivity contribution < 1.29 is 4.79 Å². The molecule has 0 amide bonds. The minimum Gasteiger partial charge on any atom is -0.295 e. The maximum absolute atomic E-state index is 10.7. The van der Waals surface area contributed by atoms with Gasteiger partial charge in [0.15, 0.2) is 11.3 Å². The molecule has 3 heteroatoms. The molecule has 15 heavy (non-hydrogen) atoms. The largest absolute Gasteiger partial charge is 0.295 e. The highest BCUT2D eigenvalue weighted by Crippen LogP contribution is 2.48. The highest BCUT2D eigenvalue weighted by atomic mass is 32.1. The van der Waals surface area contributed by atoms with Crippen molar-refractivity contribution in [2.24, 2.45) is 5.41 Å². The Balaban J connectivity index is 1.91. The minimum atomic E-state index is 0.583. The fourth-order valence-electron chi connectivity index (χ4n) is 3.15. The van der Waals surface area contributed by atoms with Crippen LogP contribution in [-0.2, 0) is 12.8 Å². The van der Waals surface area contributed by atoms with Crippen LogP contribution in [0.3, 0.4) is 0 Å². The number of aromatic nitrogens is 1. The molecule has 1 heterocycles. The van der Waals surface area contributed by atoms with Crippen LogP contribution in [0.5, 0.6) is 0 Å². The topological polar surface area (TPSA) is 30.0 Å². The smallest absolute Gasteiger partial charge is 0.178 e. The molecule has 1 saturated carbocycles. The number of carbonyl (C=O) groups is 1. The summed E-state index contributed by atoms with van der Waals surface area (Å²) < 4.78 is 0. The van der Waals surface area contributed by atoms with E-state index in [4.69, 9.17) is 0 Å². The zero-order chi connectivity index (χ0) is 10.3. The van der Waals surface area contributed by atoms with Crippen LogP contribution in [-0.4, -0.2) is 11.3 Å². The predicted molar refractivity (Wildman–Crippen MR) is 60.4 cm³/mol. The molecule has 1 aromatic heterocycles. The second kappa shape index (κ2) is 3.41. The molecule has 3 rings (SSSR count). The van der Waals surface area contributed by atoms with E-state index in [1.54, 1.807) is 11.3 Å². The van der Waals surface area contributed by atoms with E-state index < -0.39 is 0 Å². The van der Waals surface area contributed by atoms with Crippen LogP contribution >= 0.6 is 11.3 Å². The van der Waals surface area contributed by atoms with Crippen LogP contribution in [0, 0.1) is 5.41 Å². The highest BCUT2D eigenvalue weighted by Gasteiger charge is 2.38. The quantitative estimate of drug-likeness (QED) is 0.682. The predicted octanol–water partition coefficient (Wildman–Crippen LogP) is 3.00. The van der Waals surface area contributed by atoms with Crippen molar-refractivity contribution in [3.05, 3.63) is 15.6 Å². The van der Waals surface area contributed by atoms with Gasteiger partial charge in [-0.05, 0) is 37.5 Å². The van der Waals surface area contributed by atoms with Crippen LogP contribution in [0.2, 0.25) is 0 Å². The molecule has 1 aromatic rings. The second-order valence-electron chi connectivity index (χ2n) is 4.92. The van der Waals surface area contributed by atoms with E-state index in [9.17, 15) is 4.79 Å². The van der Waals surface area contributed by atoms with Crippen LogP contribution in [0.1, 0.15) is 52.5 Å². The Hall–Kier alpha value is -0.700. The van der Waals surface area contributed by atoms with E-state index in [0.29, 0.717) is 10.4 Å². The molecule has 0 aromatic carbocycles. The van der Waals surface area contributed by atoms with E-state index in [2.05, 4.69) is 4.98 Å². The van der Waals surface area contributed by atoms with E-state index in [1.807, 2.05) is 0 Å². The van der Waals surface area contributed by atoms with Crippen LogP contribution < -0.4 is 0 Å². The fourth-order valence-corrected chi connectivity index (χ4v) is 4.25. The zero-order valence-corrected chi connectivity index (χ0v) is 9.61. The summed E-state index contributed by atoms with van der Waals surface area (Å²) in [6.45, 7) is 0. The number of nitrogens with zero attached hydrogens (tertiary/aromatic N) is 1. The summed E-state index contributed by atoms with van der Waals surface area (Å²) in [5, 5.41) is 0.676. The van der Waals surface area contributed by atoms with Crippen molar-refractivity contribution in [3.8, 4) is 0 Å². The van der Waals surface area contributed by atoms with Gasteiger partial charge in [-0.1, -0.05) is 12.8 Å². The van der Waals surface area contributed by atoms with E-state index in [0.717, 1.165) is 12.7 Å². The van der Waals surface area contributed by atoms with Crippen molar-refractivity contribution in [1.82, 2.24) is 4.98 Å². The molecule has 0 unspecified atom stereocenters. The van der Waals surface area contributed by atoms with Gasteiger partial charge in [0, 0.05) is 4.88 Å². The SMILES string of the molecule is O=Cc1nc2c(s1)CC1(CCCC1)CC2. The normalized spacial score (nSPS) is 22.9. The molecule has 1 fully saturated rings. The minimum absolute atomic E-state index is 0.583.